The molecule has 0 N–H and O–H groups in total. The number of rotatable bonds is 3. The monoisotopic (exact) mass is 379 g/mol. The quantitative estimate of drug-likeness (QED) is 0.756. The molecular formula is C11H11Br2NO2S. The van der Waals surface area contributed by atoms with Gasteiger partial charge < -0.3 is 0 Å². The third-order valence-corrected chi connectivity index (χ3v) is 5.83. The molecule has 0 atom stereocenters. The molecule has 92 valence electrons. The minimum absolute atomic E-state index is 0.0419. The summed E-state index contributed by atoms with van der Waals surface area (Å²) in [6.07, 6.45) is 5.12. The Hall–Kier alpha value is -0.350. The maximum atomic E-state index is 12.2. The van der Waals surface area contributed by atoms with Crippen LogP contribution in [0.15, 0.2) is 26.0 Å². The van der Waals surface area contributed by atoms with Crippen LogP contribution in [0.2, 0.25) is 0 Å². The molecule has 0 saturated heterocycles. The molecule has 6 heteroatoms. The Morgan fingerprint density at radius 3 is 2.47 bits per heavy atom. The van der Waals surface area contributed by atoms with E-state index in [4.69, 9.17) is 6.42 Å². The number of hydrogen-bond donors (Lipinski definition) is 0. The van der Waals surface area contributed by atoms with Crippen LogP contribution >= 0.6 is 31.9 Å². The fraction of sp³-hybridized carbons (Fsp3) is 0.273. The Bertz CT molecular complexity index is 576. The molecule has 0 amide bonds. The molecule has 0 fully saturated rings. The van der Waals surface area contributed by atoms with Gasteiger partial charge in [0, 0.05) is 16.0 Å². The lowest BCUT2D eigenvalue weighted by atomic mass is 10.2. The Kier molecular flexibility index (Phi) is 4.78. The first kappa shape index (κ1) is 14.7. The Morgan fingerprint density at radius 1 is 1.35 bits per heavy atom. The third kappa shape index (κ3) is 3.10. The molecular weight excluding hydrogens is 370 g/mol. The Morgan fingerprint density at radius 2 is 1.94 bits per heavy atom. The van der Waals surface area contributed by atoms with Gasteiger partial charge in [0.1, 0.15) is 0 Å². The summed E-state index contributed by atoms with van der Waals surface area (Å²) >= 11 is 6.57. The number of benzene rings is 1. The van der Waals surface area contributed by atoms with Crippen molar-refractivity contribution < 1.29 is 8.42 Å². The van der Waals surface area contributed by atoms with E-state index >= 15 is 0 Å². The van der Waals surface area contributed by atoms with Crippen LogP contribution in [0.3, 0.4) is 0 Å². The van der Waals surface area contributed by atoms with Crippen LogP contribution in [0.4, 0.5) is 0 Å². The summed E-state index contributed by atoms with van der Waals surface area (Å²) in [4.78, 5) is 0.202. The van der Waals surface area contributed by atoms with Crippen LogP contribution in [0.1, 0.15) is 5.56 Å². The summed E-state index contributed by atoms with van der Waals surface area (Å²) in [5, 5.41) is 0. The Balaban J connectivity index is 3.35. The van der Waals surface area contributed by atoms with Crippen molar-refractivity contribution in [1.82, 2.24) is 4.31 Å². The maximum absolute atomic E-state index is 12.2. The summed E-state index contributed by atoms with van der Waals surface area (Å²) in [6.45, 7) is 1.93. The van der Waals surface area contributed by atoms with E-state index in [0.717, 1.165) is 14.3 Å². The van der Waals surface area contributed by atoms with Crippen LogP contribution in [-0.4, -0.2) is 26.3 Å². The molecule has 0 saturated carbocycles. The van der Waals surface area contributed by atoms with Gasteiger partial charge in [-0.25, -0.2) is 8.42 Å². The first-order valence-corrected chi connectivity index (χ1v) is 7.68. The molecule has 0 spiro atoms. The van der Waals surface area contributed by atoms with Crippen molar-refractivity contribution in [3.8, 4) is 12.3 Å². The molecule has 0 radical (unpaired) electrons. The van der Waals surface area contributed by atoms with E-state index in [9.17, 15) is 8.42 Å². The minimum Gasteiger partial charge on any atom is -0.207 e. The minimum atomic E-state index is -3.56. The molecule has 1 rings (SSSR count). The van der Waals surface area contributed by atoms with E-state index in [1.54, 1.807) is 12.1 Å². The lowest BCUT2D eigenvalue weighted by Gasteiger charge is -2.16. The maximum Gasteiger partial charge on any atom is 0.244 e. The van der Waals surface area contributed by atoms with Crippen molar-refractivity contribution in [3.63, 3.8) is 0 Å². The van der Waals surface area contributed by atoms with Gasteiger partial charge in [-0.2, -0.15) is 4.31 Å². The zero-order valence-electron chi connectivity index (χ0n) is 9.37. The first-order valence-electron chi connectivity index (χ1n) is 4.66. The van der Waals surface area contributed by atoms with Gasteiger partial charge in [-0.15, -0.1) is 6.42 Å². The van der Waals surface area contributed by atoms with E-state index in [1.807, 2.05) is 6.92 Å². The largest absolute Gasteiger partial charge is 0.244 e. The van der Waals surface area contributed by atoms with Gasteiger partial charge in [0.15, 0.2) is 0 Å². The van der Waals surface area contributed by atoms with Gasteiger partial charge in [-0.05, 0) is 40.5 Å². The zero-order valence-corrected chi connectivity index (χ0v) is 13.4. The number of sulfonamides is 1. The van der Waals surface area contributed by atoms with Crippen molar-refractivity contribution in [2.45, 2.75) is 11.8 Å². The first-order chi connectivity index (χ1) is 7.80. The summed E-state index contributed by atoms with van der Waals surface area (Å²) in [7, 11) is -2.10. The predicted molar refractivity (Wildman–Crippen MR) is 75.2 cm³/mol. The molecule has 0 heterocycles. The number of hydrogen-bond acceptors (Lipinski definition) is 2. The molecule has 0 aliphatic carbocycles. The second kappa shape index (κ2) is 5.53. The van der Waals surface area contributed by atoms with E-state index < -0.39 is 10.0 Å². The standard InChI is InChI=1S/C11H11Br2NO2S/c1-4-5-14(3)17(15,16)11-7-9(12)8(2)6-10(11)13/h1,6-7H,5H2,2-3H3. The Labute approximate surface area is 119 Å². The molecule has 0 aliphatic heterocycles. The van der Waals surface area contributed by atoms with Gasteiger partial charge in [0.2, 0.25) is 10.0 Å². The van der Waals surface area contributed by atoms with Crippen molar-refractivity contribution in [3.05, 3.63) is 26.6 Å². The molecule has 17 heavy (non-hydrogen) atoms. The molecule has 0 bridgehead atoms. The highest BCUT2D eigenvalue weighted by atomic mass is 79.9. The highest BCUT2D eigenvalue weighted by Gasteiger charge is 2.23. The van der Waals surface area contributed by atoms with Crippen LogP contribution in [0.5, 0.6) is 0 Å². The fourth-order valence-corrected chi connectivity index (χ4v) is 3.93. The topological polar surface area (TPSA) is 37.4 Å². The molecule has 1 aromatic carbocycles. The normalized spacial score (nSPS) is 11.5. The number of nitrogens with zero attached hydrogens (tertiary/aromatic N) is 1. The summed E-state index contributed by atoms with van der Waals surface area (Å²) in [5.74, 6) is 2.31. The van der Waals surface area contributed by atoms with E-state index in [2.05, 4.69) is 37.8 Å². The average molecular weight is 381 g/mol. The lowest BCUT2D eigenvalue weighted by molar-refractivity contribution is 0.502. The molecule has 0 aliphatic rings. The number of terminal acetylenes is 1. The molecule has 3 nitrogen and oxygen atoms in total. The van der Waals surface area contributed by atoms with Gasteiger partial charge in [0.25, 0.3) is 0 Å². The van der Waals surface area contributed by atoms with Gasteiger partial charge in [-0.1, -0.05) is 21.9 Å². The molecule has 0 aromatic heterocycles. The summed E-state index contributed by atoms with van der Waals surface area (Å²) < 4.78 is 26.8. The van der Waals surface area contributed by atoms with E-state index in [1.165, 1.54) is 7.05 Å². The van der Waals surface area contributed by atoms with E-state index in [-0.39, 0.29) is 11.4 Å². The highest BCUT2D eigenvalue weighted by molar-refractivity contribution is 9.11. The number of aryl methyl sites for hydroxylation is 1. The van der Waals surface area contributed by atoms with Crippen LogP contribution in [0.25, 0.3) is 0 Å². The molecule has 0 unspecified atom stereocenters. The highest BCUT2D eigenvalue weighted by Crippen LogP contribution is 2.30. The lowest BCUT2D eigenvalue weighted by Crippen LogP contribution is -2.27. The predicted octanol–water partition coefficient (Wildman–Crippen LogP) is 2.77. The number of halogens is 2. The van der Waals surface area contributed by atoms with Crippen LogP contribution in [-0.2, 0) is 10.0 Å². The van der Waals surface area contributed by atoms with Gasteiger partial charge in [0.05, 0.1) is 11.4 Å². The van der Waals surface area contributed by atoms with Crippen molar-refractivity contribution in [2.24, 2.45) is 0 Å². The smallest absolute Gasteiger partial charge is 0.207 e. The molecule has 1 aromatic rings. The van der Waals surface area contributed by atoms with Gasteiger partial charge in [-0.3, -0.25) is 0 Å². The summed E-state index contributed by atoms with van der Waals surface area (Å²) in [6, 6.07) is 3.32. The second-order valence-electron chi connectivity index (χ2n) is 3.50. The van der Waals surface area contributed by atoms with Crippen LogP contribution < -0.4 is 0 Å². The average Bonchev–Trinajstić information content (AvgIpc) is 2.23. The van der Waals surface area contributed by atoms with E-state index in [0.29, 0.717) is 4.47 Å². The summed E-state index contributed by atoms with van der Waals surface area (Å²) in [5.41, 5.74) is 0.954. The zero-order chi connectivity index (χ0) is 13.2. The van der Waals surface area contributed by atoms with Crippen LogP contribution in [0, 0.1) is 19.3 Å². The SMILES string of the molecule is C#CCN(C)S(=O)(=O)c1cc(Br)c(C)cc1Br. The van der Waals surface area contributed by atoms with Crippen molar-refractivity contribution in [2.75, 3.05) is 13.6 Å². The van der Waals surface area contributed by atoms with Crippen molar-refractivity contribution in [1.29, 1.82) is 0 Å². The van der Waals surface area contributed by atoms with Gasteiger partial charge >= 0.3 is 0 Å². The van der Waals surface area contributed by atoms with Crippen molar-refractivity contribution >= 4 is 41.9 Å². The second-order valence-corrected chi connectivity index (χ2v) is 7.22. The fourth-order valence-electron chi connectivity index (χ4n) is 1.21. The third-order valence-electron chi connectivity index (χ3n) is 2.22.